The molecule has 0 aliphatic heterocycles. The van der Waals surface area contributed by atoms with Crippen LogP contribution in [0.4, 0.5) is 4.39 Å². The predicted octanol–water partition coefficient (Wildman–Crippen LogP) is 3.20. The Balaban J connectivity index is 2.42. The molecular formula is C10H12BrFOS. The fourth-order valence-electron chi connectivity index (χ4n) is 0.987. The van der Waals surface area contributed by atoms with Gasteiger partial charge in [-0.15, -0.1) is 0 Å². The molecule has 1 N–H and O–H groups in total. The molecule has 0 fully saturated rings. The summed E-state index contributed by atoms with van der Waals surface area (Å²) in [5.41, 5.74) is 1.09. The fraction of sp³-hybridized carbons (Fsp3) is 0.400. The monoisotopic (exact) mass is 278 g/mol. The molecule has 14 heavy (non-hydrogen) atoms. The zero-order chi connectivity index (χ0) is 10.4. The van der Waals surface area contributed by atoms with Crippen LogP contribution in [0.3, 0.4) is 0 Å². The third-order valence-corrected chi connectivity index (χ3v) is 3.55. The van der Waals surface area contributed by atoms with Crippen molar-refractivity contribution in [3.05, 3.63) is 34.1 Å². The Morgan fingerprint density at radius 3 is 2.86 bits per heavy atom. The van der Waals surface area contributed by atoms with Gasteiger partial charge in [-0.3, -0.25) is 0 Å². The van der Waals surface area contributed by atoms with Crippen molar-refractivity contribution in [2.45, 2.75) is 12.2 Å². The highest BCUT2D eigenvalue weighted by Crippen LogP contribution is 2.22. The molecule has 1 aromatic rings. The summed E-state index contributed by atoms with van der Waals surface area (Å²) >= 11 is 5.05. The molecule has 0 amide bonds. The van der Waals surface area contributed by atoms with E-state index in [0.29, 0.717) is 0 Å². The highest BCUT2D eigenvalue weighted by Gasteiger charge is 2.01. The predicted molar refractivity (Wildman–Crippen MR) is 62.0 cm³/mol. The normalized spacial score (nSPS) is 10.5. The van der Waals surface area contributed by atoms with Crippen molar-refractivity contribution in [1.82, 2.24) is 0 Å². The van der Waals surface area contributed by atoms with Gasteiger partial charge in [-0.05, 0) is 29.9 Å². The lowest BCUT2D eigenvalue weighted by molar-refractivity contribution is 0.296. The van der Waals surface area contributed by atoms with E-state index < -0.39 is 0 Å². The molecule has 0 aromatic heterocycles. The molecule has 1 rings (SSSR count). The second-order valence-corrected chi connectivity index (χ2v) is 4.82. The number of thioether (sulfide) groups is 1. The van der Waals surface area contributed by atoms with Crippen molar-refractivity contribution in [2.75, 3.05) is 12.4 Å². The number of benzene rings is 1. The van der Waals surface area contributed by atoms with Gasteiger partial charge in [0.25, 0.3) is 0 Å². The Morgan fingerprint density at radius 1 is 1.43 bits per heavy atom. The molecule has 0 spiro atoms. The van der Waals surface area contributed by atoms with Crippen molar-refractivity contribution in [3.63, 3.8) is 0 Å². The topological polar surface area (TPSA) is 20.2 Å². The molecule has 0 atom stereocenters. The van der Waals surface area contributed by atoms with Crippen molar-refractivity contribution >= 4 is 27.7 Å². The second-order valence-electron chi connectivity index (χ2n) is 2.87. The molecule has 0 aliphatic carbocycles. The lowest BCUT2D eigenvalue weighted by Crippen LogP contribution is -1.89. The molecule has 4 heteroatoms. The summed E-state index contributed by atoms with van der Waals surface area (Å²) in [4.78, 5) is 0. The van der Waals surface area contributed by atoms with Crippen LogP contribution in [0.2, 0.25) is 0 Å². The molecular weight excluding hydrogens is 267 g/mol. The van der Waals surface area contributed by atoms with Gasteiger partial charge in [-0.25, -0.2) is 4.39 Å². The van der Waals surface area contributed by atoms with Crippen molar-refractivity contribution in [3.8, 4) is 0 Å². The van der Waals surface area contributed by atoms with Crippen LogP contribution in [0, 0.1) is 5.82 Å². The van der Waals surface area contributed by atoms with Gasteiger partial charge in [0.05, 0.1) is 0 Å². The van der Waals surface area contributed by atoms with E-state index in [1.807, 2.05) is 0 Å². The molecule has 1 nitrogen and oxygen atoms in total. The minimum Gasteiger partial charge on any atom is -0.396 e. The first-order valence-electron chi connectivity index (χ1n) is 4.36. The highest BCUT2D eigenvalue weighted by molar-refractivity contribution is 9.10. The number of rotatable bonds is 5. The first kappa shape index (κ1) is 12.0. The Kier molecular flexibility index (Phi) is 5.52. The number of aliphatic hydroxyl groups is 1. The van der Waals surface area contributed by atoms with Crippen LogP contribution in [-0.2, 0) is 5.75 Å². The third kappa shape index (κ3) is 3.98. The minimum absolute atomic E-state index is 0.221. The van der Waals surface area contributed by atoms with E-state index in [-0.39, 0.29) is 12.4 Å². The van der Waals surface area contributed by atoms with Gasteiger partial charge in [-0.1, -0.05) is 22.0 Å². The number of aliphatic hydroxyl groups excluding tert-OH is 1. The summed E-state index contributed by atoms with van der Waals surface area (Å²) in [6.07, 6.45) is 0.809. The zero-order valence-corrected chi connectivity index (χ0v) is 10.1. The molecule has 0 aliphatic rings. The quantitative estimate of drug-likeness (QED) is 0.835. The zero-order valence-electron chi connectivity index (χ0n) is 7.67. The van der Waals surface area contributed by atoms with Gasteiger partial charge in [0.15, 0.2) is 0 Å². The summed E-state index contributed by atoms with van der Waals surface area (Å²) in [5.74, 6) is 1.56. The Labute approximate surface area is 95.8 Å². The van der Waals surface area contributed by atoms with Crippen LogP contribution in [0.1, 0.15) is 12.0 Å². The summed E-state index contributed by atoms with van der Waals surface area (Å²) in [7, 11) is 0. The molecule has 0 bridgehead atoms. The van der Waals surface area contributed by atoms with Gasteiger partial charge in [0, 0.05) is 16.8 Å². The average Bonchev–Trinajstić information content (AvgIpc) is 2.15. The standard InChI is InChI=1S/C10H12BrFOS/c11-10-6-9(12)3-2-8(10)7-14-5-1-4-13/h2-3,6,13H,1,4-5,7H2. The van der Waals surface area contributed by atoms with E-state index in [1.165, 1.54) is 12.1 Å². The molecule has 0 saturated heterocycles. The maximum absolute atomic E-state index is 12.7. The largest absolute Gasteiger partial charge is 0.396 e. The third-order valence-electron chi connectivity index (χ3n) is 1.72. The van der Waals surface area contributed by atoms with E-state index in [1.54, 1.807) is 17.8 Å². The van der Waals surface area contributed by atoms with E-state index in [9.17, 15) is 4.39 Å². The van der Waals surface area contributed by atoms with E-state index in [0.717, 1.165) is 28.0 Å². The van der Waals surface area contributed by atoms with E-state index in [4.69, 9.17) is 5.11 Å². The van der Waals surface area contributed by atoms with Crippen LogP contribution in [0.15, 0.2) is 22.7 Å². The highest BCUT2D eigenvalue weighted by atomic mass is 79.9. The maximum atomic E-state index is 12.7. The van der Waals surface area contributed by atoms with Crippen LogP contribution >= 0.6 is 27.7 Å². The second kappa shape index (κ2) is 6.43. The van der Waals surface area contributed by atoms with Crippen LogP contribution in [0.5, 0.6) is 0 Å². The van der Waals surface area contributed by atoms with Gasteiger partial charge in [0.2, 0.25) is 0 Å². The summed E-state index contributed by atoms with van der Waals surface area (Å²) in [5, 5.41) is 8.58. The molecule has 0 unspecified atom stereocenters. The molecule has 0 heterocycles. The van der Waals surface area contributed by atoms with Gasteiger partial charge < -0.3 is 5.11 Å². The lowest BCUT2D eigenvalue weighted by Gasteiger charge is -2.03. The van der Waals surface area contributed by atoms with Gasteiger partial charge in [-0.2, -0.15) is 11.8 Å². The van der Waals surface area contributed by atoms with Crippen LogP contribution in [-0.4, -0.2) is 17.5 Å². The fourth-order valence-corrected chi connectivity index (χ4v) is 2.61. The summed E-state index contributed by atoms with van der Waals surface area (Å²) < 4.78 is 13.5. The first-order valence-corrected chi connectivity index (χ1v) is 6.31. The molecule has 78 valence electrons. The molecule has 1 aromatic carbocycles. The molecule has 0 saturated carbocycles. The SMILES string of the molecule is OCCCSCc1ccc(F)cc1Br. The first-order chi connectivity index (χ1) is 6.74. The number of halogens is 2. The number of hydrogen-bond donors (Lipinski definition) is 1. The van der Waals surface area contributed by atoms with Gasteiger partial charge in [0.1, 0.15) is 5.82 Å². The average molecular weight is 279 g/mol. The Bertz CT molecular complexity index is 293. The van der Waals surface area contributed by atoms with E-state index >= 15 is 0 Å². The Hall–Kier alpha value is -0.0600. The van der Waals surface area contributed by atoms with E-state index in [2.05, 4.69) is 15.9 Å². The van der Waals surface area contributed by atoms with Crippen LogP contribution < -0.4 is 0 Å². The maximum Gasteiger partial charge on any atom is 0.124 e. The van der Waals surface area contributed by atoms with Crippen molar-refractivity contribution < 1.29 is 9.50 Å². The number of hydrogen-bond acceptors (Lipinski definition) is 2. The Morgan fingerprint density at radius 2 is 2.21 bits per heavy atom. The van der Waals surface area contributed by atoms with Crippen molar-refractivity contribution in [1.29, 1.82) is 0 Å². The minimum atomic E-state index is -0.221. The lowest BCUT2D eigenvalue weighted by atomic mass is 10.2. The summed E-state index contributed by atoms with van der Waals surface area (Å²) in [6.45, 7) is 0.234. The van der Waals surface area contributed by atoms with Crippen molar-refractivity contribution in [2.24, 2.45) is 0 Å². The van der Waals surface area contributed by atoms with Crippen LogP contribution in [0.25, 0.3) is 0 Å². The molecule has 0 radical (unpaired) electrons. The van der Waals surface area contributed by atoms with Gasteiger partial charge >= 0.3 is 0 Å². The summed E-state index contributed by atoms with van der Waals surface area (Å²) in [6, 6.07) is 4.72. The smallest absolute Gasteiger partial charge is 0.124 e.